The van der Waals surface area contributed by atoms with Crippen molar-refractivity contribution in [1.82, 2.24) is 19.6 Å². The number of benzene rings is 1. The predicted molar refractivity (Wildman–Crippen MR) is 67.9 cm³/mol. The molecule has 0 N–H and O–H groups in total. The van der Waals surface area contributed by atoms with Crippen LogP contribution in [0.1, 0.15) is 0 Å². The first-order valence-electron chi connectivity index (χ1n) is 5.27. The highest BCUT2D eigenvalue weighted by atomic mass is 35.5. The van der Waals surface area contributed by atoms with Crippen molar-refractivity contribution in [3.63, 3.8) is 0 Å². The van der Waals surface area contributed by atoms with Crippen LogP contribution in [0, 0.1) is 10.1 Å². The third-order valence-corrected chi connectivity index (χ3v) is 2.89. The minimum Gasteiger partial charge on any atom is -0.278 e. The van der Waals surface area contributed by atoms with E-state index in [0.717, 1.165) is 0 Å². The van der Waals surface area contributed by atoms with Crippen LogP contribution in [0.25, 0.3) is 17.0 Å². The summed E-state index contributed by atoms with van der Waals surface area (Å²) in [5.74, 6) is 0.353. The molecule has 0 atom stereocenters. The first-order valence-corrected chi connectivity index (χ1v) is 5.65. The van der Waals surface area contributed by atoms with Crippen molar-refractivity contribution in [2.45, 2.75) is 0 Å². The fourth-order valence-electron chi connectivity index (χ4n) is 1.80. The summed E-state index contributed by atoms with van der Waals surface area (Å²) in [5, 5.41) is 19.1. The zero-order valence-corrected chi connectivity index (χ0v) is 10.2. The molecular weight excluding hydrogens is 270 g/mol. The van der Waals surface area contributed by atoms with E-state index in [2.05, 4.69) is 15.2 Å². The fraction of sp³-hybridized carbons (Fsp3) is 0. The Hall–Kier alpha value is -2.54. The van der Waals surface area contributed by atoms with Crippen LogP contribution < -0.4 is 0 Å². The molecule has 0 bridgehead atoms. The summed E-state index contributed by atoms with van der Waals surface area (Å²) in [7, 11) is 0. The second-order valence-corrected chi connectivity index (χ2v) is 4.07. The van der Waals surface area contributed by atoms with Crippen LogP contribution >= 0.6 is 11.6 Å². The van der Waals surface area contributed by atoms with E-state index < -0.39 is 4.92 Å². The first kappa shape index (κ1) is 11.5. The van der Waals surface area contributed by atoms with Crippen molar-refractivity contribution in [2.24, 2.45) is 0 Å². The highest BCUT2D eigenvalue weighted by molar-refractivity contribution is 6.32. The number of hydrogen-bond acceptors (Lipinski definition) is 5. The Bertz CT molecular complexity index is 786. The summed E-state index contributed by atoms with van der Waals surface area (Å²) < 4.78 is 1.57. The minimum absolute atomic E-state index is 0.0373. The molecule has 0 saturated heterocycles. The normalized spacial score (nSPS) is 10.8. The molecule has 1 aromatic carbocycles. The molecular formula is C11H6ClN5O2. The molecule has 0 amide bonds. The number of rotatable bonds is 2. The molecule has 0 fully saturated rings. The summed E-state index contributed by atoms with van der Waals surface area (Å²) in [6.45, 7) is 0. The number of nitro groups is 1. The summed E-state index contributed by atoms with van der Waals surface area (Å²) in [4.78, 5) is 14.5. The lowest BCUT2D eigenvalue weighted by molar-refractivity contribution is -0.384. The van der Waals surface area contributed by atoms with E-state index in [1.807, 2.05) is 0 Å². The van der Waals surface area contributed by atoms with Crippen LogP contribution in [0.4, 0.5) is 5.69 Å². The fourth-order valence-corrected chi connectivity index (χ4v) is 1.99. The lowest BCUT2D eigenvalue weighted by atomic mass is 10.1. The summed E-state index contributed by atoms with van der Waals surface area (Å²) in [6.07, 6.45) is 3.09. The van der Waals surface area contributed by atoms with Crippen LogP contribution in [0.2, 0.25) is 5.15 Å². The van der Waals surface area contributed by atoms with Gasteiger partial charge in [0.25, 0.3) is 5.69 Å². The van der Waals surface area contributed by atoms with Gasteiger partial charge in [0.05, 0.1) is 10.5 Å². The Labute approximate surface area is 111 Å². The zero-order valence-electron chi connectivity index (χ0n) is 9.39. The standard InChI is InChI=1S/C11H6ClN5O2/c12-9-11-15-14-10(16(11)6-5-13-9)7-3-1-2-4-8(7)17(18)19/h1-6H. The smallest absolute Gasteiger partial charge is 0.278 e. The Morgan fingerprint density at radius 2 is 2.05 bits per heavy atom. The molecule has 0 radical (unpaired) electrons. The SMILES string of the molecule is O=[N+]([O-])c1ccccc1-c1nnc2c(Cl)nccn12. The lowest BCUT2D eigenvalue weighted by Crippen LogP contribution is -1.95. The van der Waals surface area contributed by atoms with Crippen LogP contribution in [0.3, 0.4) is 0 Å². The summed E-state index contributed by atoms with van der Waals surface area (Å²) in [5.41, 5.74) is 0.698. The van der Waals surface area contributed by atoms with Crippen molar-refractivity contribution in [3.05, 3.63) is 51.9 Å². The number of nitrogens with zero attached hydrogens (tertiary/aromatic N) is 5. The van der Waals surface area contributed by atoms with Crippen molar-refractivity contribution >= 4 is 22.9 Å². The van der Waals surface area contributed by atoms with Crippen molar-refractivity contribution in [1.29, 1.82) is 0 Å². The Balaban J connectivity index is 2.32. The average Bonchev–Trinajstić information content (AvgIpc) is 2.84. The van der Waals surface area contributed by atoms with Crippen molar-refractivity contribution < 1.29 is 4.92 Å². The molecule has 0 spiro atoms. The van der Waals surface area contributed by atoms with E-state index in [9.17, 15) is 10.1 Å². The largest absolute Gasteiger partial charge is 0.280 e. The molecule has 94 valence electrons. The maximum atomic E-state index is 11.0. The number of aromatic nitrogens is 4. The molecule has 0 unspecified atom stereocenters. The minimum atomic E-state index is -0.459. The van der Waals surface area contributed by atoms with Crippen LogP contribution in [-0.2, 0) is 0 Å². The van der Waals surface area contributed by atoms with E-state index in [0.29, 0.717) is 17.0 Å². The molecule has 19 heavy (non-hydrogen) atoms. The van der Waals surface area contributed by atoms with E-state index in [-0.39, 0.29) is 10.8 Å². The number of para-hydroxylation sites is 1. The van der Waals surface area contributed by atoms with Crippen molar-refractivity contribution in [2.75, 3.05) is 0 Å². The number of fused-ring (bicyclic) bond motifs is 1. The maximum Gasteiger partial charge on any atom is 0.280 e. The monoisotopic (exact) mass is 275 g/mol. The maximum absolute atomic E-state index is 11.0. The quantitative estimate of drug-likeness (QED) is 0.529. The van der Waals surface area contributed by atoms with Gasteiger partial charge in [-0.15, -0.1) is 10.2 Å². The summed E-state index contributed by atoms with van der Waals surface area (Å²) in [6, 6.07) is 6.33. The Morgan fingerprint density at radius 3 is 2.84 bits per heavy atom. The predicted octanol–water partition coefficient (Wildman–Crippen LogP) is 2.35. The van der Waals surface area contributed by atoms with Gasteiger partial charge in [-0.3, -0.25) is 14.5 Å². The summed E-state index contributed by atoms with van der Waals surface area (Å²) >= 11 is 5.89. The van der Waals surface area contributed by atoms with E-state index in [1.54, 1.807) is 28.8 Å². The van der Waals surface area contributed by atoms with E-state index in [1.165, 1.54) is 12.3 Å². The topological polar surface area (TPSA) is 86.2 Å². The van der Waals surface area contributed by atoms with Gasteiger partial charge in [-0.1, -0.05) is 23.7 Å². The molecule has 3 aromatic rings. The third kappa shape index (κ3) is 1.80. The average molecular weight is 276 g/mol. The van der Waals surface area contributed by atoms with Gasteiger partial charge in [-0.2, -0.15) is 0 Å². The second-order valence-electron chi connectivity index (χ2n) is 3.71. The number of halogens is 1. The van der Waals surface area contributed by atoms with Gasteiger partial charge in [0.2, 0.25) is 0 Å². The molecule has 3 rings (SSSR count). The van der Waals surface area contributed by atoms with Crippen molar-refractivity contribution in [3.8, 4) is 11.4 Å². The van der Waals surface area contributed by atoms with Crippen LogP contribution in [0.5, 0.6) is 0 Å². The van der Waals surface area contributed by atoms with Gasteiger partial charge in [0.15, 0.2) is 16.6 Å². The molecule has 7 nitrogen and oxygen atoms in total. The van der Waals surface area contributed by atoms with Gasteiger partial charge >= 0.3 is 0 Å². The first-order chi connectivity index (χ1) is 9.18. The molecule has 0 aliphatic heterocycles. The van der Waals surface area contributed by atoms with Gasteiger partial charge in [-0.05, 0) is 6.07 Å². The van der Waals surface area contributed by atoms with Gasteiger partial charge in [0, 0.05) is 18.5 Å². The van der Waals surface area contributed by atoms with Crippen LogP contribution in [-0.4, -0.2) is 24.5 Å². The molecule has 2 heterocycles. The van der Waals surface area contributed by atoms with Gasteiger partial charge < -0.3 is 0 Å². The lowest BCUT2D eigenvalue weighted by Gasteiger charge is -2.01. The van der Waals surface area contributed by atoms with E-state index in [4.69, 9.17) is 11.6 Å². The molecule has 0 saturated carbocycles. The Kier molecular flexibility index (Phi) is 2.60. The Morgan fingerprint density at radius 1 is 1.26 bits per heavy atom. The second kappa shape index (κ2) is 4.29. The van der Waals surface area contributed by atoms with E-state index >= 15 is 0 Å². The number of nitro benzene ring substituents is 1. The van der Waals surface area contributed by atoms with Crippen LogP contribution in [0.15, 0.2) is 36.7 Å². The third-order valence-electron chi connectivity index (χ3n) is 2.63. The zero-order chi connectivity index (χ0) is 13.4. The molecule has 8 heteroatoms. The highest BCUT2D eigenvalue weighted by Gasteiger charge is 2.19. The molecule has 0 aliphatic carbocycles. The molecule has 0 aliphatic rings. The van der Waals surface area contributed by atoms with Gasteiger partial charge in [-0.25, -0.2) is 4.98 Å². The van der Waals surface area contributed by atoms with Gasteiger partial charge in [0.1, 0.15) is 0 Å². The highest BCUT2D eigenvalue weighted by Crippen LogP contribution is 2.29. The number of hydrogen-bond donors (Lipinski definition) is 0. The molecule has 2 aromatic heterocycles.